The van der Waals surface area contributed by atoms with Crippen molar-refractivity contribution < 1.29 is 8.42 Å². The standard InChI is InChI=1S/C18H20N2O2S/c1-15-7-9-17(10-8-15)23(21,22)19-12-4-13-20-14-11-16-5-2-3-6-18(16)20/h2-3,5-11,14,19H,4,12-13H2,1H3. The molecule has 0 spiro atoms. The van der Waals surface area contributed by atoms with E-state index in [4.69, 9.17) is 0 Å². The van der Waals surface area contributed by atoms with Crippen LogP contribution >= 0.6 is 0 Å². The van der Waals surface area contributed by atoms with Crippen molar-refractivity contribution in [1.29, 1.82) is 0 Å². The van der Waals surface area contributed by atoms with Crippen molar-refractivity contribution in [2.24, 2.45) is 0 Å². The molecule has 1 heterocycles. The second-order valence-corrected chi connectivity index (χ2v) is 7.40. The summed E-state index contributed by atoms with van der Waals surface area (Å²) < 4.78 is 29.2. The SMILES string of the molecule is Cc1ccc(S(=O)(=O)NCCCn2ccc3ccccc32)cc1. The van der Waals surface area contributed by atoms with Gasteiger partial charge in [-0.25, -0.2) is 13.1 Å². The van der Waals surface area contributed by atoms with E-state index >= 15 is 0 Å². The molecule has 0 aliphatic carbocycles. The monoisotopic (exact) mass is 328 g/mol. The van der Waals surface area contributed by atoms with Crippen LogP contribution in [0.25, 0.3) is 10.9 Å². The molecule has 0 saturated heterocycles. The largest absolute Gasteiger partial charge is 0.347 e. The van der Waals surface area contributed by atoms with Gasteiger partial charge in [0, 0.05) is 24.8 Å². The Morgan fingerprint density at radius 1 is 1.00 bits per heavy atom. The average molecular weight is 328 g/mol. The Hall–Kier alpha value is -2.11. The van der Waals surface area contributed by atoms with Crippen LogP contribution < -0.4 is 4.72 Å². The molecule has 0 saturated carbocycles. The molecule has 0 fully saturated rings. The van der Waals surface area contributed by atoms with Gasteiger partial charge in [-0.05, 0) is 43.0 Å². The van der Waals surface area contributed by atoms with E-state index in [-0.39, 0.29) is 0 Å². The molecule has 0 atom stereocenters. The van der Waals surface area contributed by atoms with E-state index in [9.17, 15) is 8.42 Å². The van der Waals surface area contributed by atoms with Crippen LogP contribution in [0.2, 0.25) is 0 Å². The molecule has 3 rings (SSSR count). The maximum Gasteiger partial charge on any atom is 0.240 e. The number of rotatable bonds is 6. The Morgan fingerprint density at radius 2 is 1.74 bits per heavy atom. The van der Waals surface area contributed by atoms with Crippen LogP contribution in [0, 0.1) is 6.92 Å². The minimum absolute atomic E-state index is 0.314. The lowest BCUT2D eigenvalue weighted by atomic mass is 10.2. The Balaban J connectivity index is 1.58. The zero-order valence-electron chi connectivity index (χ0n) is 13.1. The predicted molar refractivity (Wildman–Crippen MR) is 92.9 cm³/mol. The first-order valence-corrected chi connectivity index (χ1v) is 9.15. The zero-order valence-corrected chi connectivity index (χ0v) is 13.9. The first-order chi connectivity index (χ1) is 11.1. The van der Waals surface area contributed by atoms with Crippen LogP contribution in [0.1, 0.15) is 12.0 Å². The smallest absolute Gasteiger partial charge is 0.240 e. The van der Waals surface area contributed by atoms with E-state index in [1.165, 1.54) is 10.9 Å². The number of aromatic nitrogens is 1. The fourth-order valence-electron chi connectivity index (χ4n) is 2.59. The maximum absolute atomic E-state index is 12.2. The van der Waals surface area contributed by atoms with Crippen molar-refractivity contribution in [3.63, 3.8) is 0 Å². The van der Waals surface area contributed by atoms with Crippen LogP contribution in [-0.2, 0) is 16.6 Å². The van der Waals surface area contributed by atoms with Gasteiger partial charge in [-0.3, -0.25) is 0 Å². The third-order valence-electron chi connectivity index (χ3n) is 3.88. The van der Waals surface area contributed by atoms with E-state index in [0.717, 1.165) is 18.5 Å². The van der Waals surface area contributed by atoms with E-state index < -0.39 is 10.0 Å². The molecular formula is C18H20N2O2S. The van der Waals surface area contributed by atoms with Crippen molar-refractivity contribution in [2.45, 2.75) is 24.8 Å². The molecule has 0 bridgehead atoms. The summed E-state index contributed by atoms with van der Waals surface area (Å²) in [7, 11) is -3.42. The lowest BCUT2D eigenvalue weighted by Gasteiger charge is -2.08. The van der Waals surface area contributed by atoms with Crippen LogP contribution in [-0.4, -0.2) is 19.5 Å². The summed E-state index contributed by atoms with van der Waals surface area (Å²) in [5.74, 6) is 0. The van der Waals surface area contributed by atoms with Gasteiger partial charge in [-0.1, -0.05) is 35.9 Å². The van der Waals surface area contributed by atoms with Gasteiger partial charge < -0.3 is 4.57 Å². The maximum atomic E-state index is 12.2. The first-order valence-electron chi connectivity index (χ1n) is 7.66. The Bertz CT molecular complexity index is 896. The molecule has 2 aromatic carbocycles. The van der Waals surface area contributed by atoms with Gasteiger partial charge in [0.2, 0.25) is 10.0 Å². The van der Waals surface area contributed by atoms with Gasteiger partial charge in [0.05, 0.1) is 4.90 Å². The number of hydrogen-bond acceptors (Lipinski definition) is 2. The number of nitrogens with zero attached hydrogens (tertiary/aromatic N) is 1. The Labute approximate surface area is 136 Å². The normalized spacial score (nSPS) is 11.9. The highest BCUT2D eigenvalue weighted by Crippen LogP contribution is 2.15. The van der Waals surface area contributed by atoms with Crippen molar-refractivity contribution in [1.82, 2.24) is 9.29 Å². The van der Waals surface area contributed by atoms with Crippen LogP contribution in [0.15, 0.2) is 65.7 Å². The summed E-state index contributed by atoms with van der Waals surface area (Å²) in [6.45, 7) is 3.14. The molecular weight excluding hydrogens is 308 g/mol. The minimum Gasteiger partial charge on any atom is -0.347 e. The molecule has 4 nitrogen and oxygen atoms in total. The third-order valence-corrected chi connectivity index (χ3v) is 5.36. The molecule has 0 radical (unpaired) electrons. The van der Waals surface area contributed by atoms with Gasteiger partial charge >= 0.3 is 0 Å². The summed E-state index contributed by atoms with van der Waals surface area (Å²) in [5, 5.41) is 1.20. The van der Waals surface area contributed by atoms with Gasteiger partial charge in [-0.2, -0.15) is 0 Å². The number of benzene rings is 2. The van der Waals surface area contributed by atoms with Gasteiger partial charge in [0.15, 0.2) is 0 Å². The Morgan fingerprint density at radius 3 is 2.52 bits per heavy atom. The molecule has 0 amide bonds. The fourth-order valence-corrected chi connectivity index (χ4v) is 3.67. The second kappa shape index (κ2) is 6.56. The predicted octanol–water partition coefficient (Wildman–Crippen LogP) is 3.32. The topological polar surface area (TPSA) is 51.1 Å². The highest BCUT2D eigenvalue weighted by atomic mass is 32.2. The summed E-state index contributed by atoms with van der Waals surface area (Å²) >= 11 is 0. The second-order valence-electron chi connectivity index (χ2n) is 5.63. The van der Waals surface area contributed by atoms with Crippen LogP contribution in [0.4, 0.5) is 0 Å². The zero-order chi connectivity index (χ0) is 16.3. The van der Waals surface area contributed by atoms with Crippen molar-refractivity contribution in [3.8, 4) is 0 Å². The quantitative estimate of drug-likeness (QED) is 0.706. The highest BCUT2D eigenvalue weighted by Gasteiger charge is 2.12. The van der Waals surface area contributed by atoms with E-state index in [1.807, 2.05) is 25.3 Å². The lowest BCUT2D eigenvalue weighted by molar-refractivity contribution is 0.572. The number of hydrogen-bond donors (Lipinski definition) is 1. The number of aryl methyl sites for hydroxylation is 2. The number of fused-ring (bicyclic) bond motifs is 1. The van der Waals surface area contributed by atoms with E-state index in [1.54, 1.807) is 24.3 Å². The van der Waals surface area contributed by atoms with Gasteiger partial charge in [0.25, 0.3) is 0 Å². The minimum atomic E-state index is -3.42. The van der Waals surface area contributed by atoms with Gasteiger partial charge in [-0.15, -0.1) is 0 Å². The summed E-state index contributed by atoms with van der Waals surface area (Å²) in [6.07, 6.45) is 2.78. The summed E-state index contributed by atoms with van der Waals surface area (Å²) in [6, 6.07) is 17.1. The molecule has 5 heteroatoms. The first kappa shape index (κ1) is 15.8. The number of nitrogens with one attached hydrogen (secondary N) is 1. The molecule has 23 heavy (non-hydrogen) atoms. The van der Waals surface area contributed by atoms with Crippen molar-refractivity contribution in [3.05, 3.63) is 66.4 Å². The fraction of sp³-hybridized carbons (Fsp3) is 0.222. The van der Waals surface area contributed by atoms with Crippen molar-refractivity contribution >= 4 is 20.9 Å². The molecule has 1 N–H and O–H groups in total. The van der Waals surface area contributed by atoms with Crippen molar-refractivity contribution in [2.75, 3.05) is 6.54 Å². The average Bonchev–Trinajstić information content (AvgIpc) is 2.95. The highest BCUT2D eigenvalue weighted by molar-refractivity contribution is 7.89. The van der Waals surface area contributed by atoms with Crippen LogP contribution in [0.5, 0.6) is 0 Å². The third kappa shape index (κ3) is 3.63. The molecule has 0 aliphatic rings. The van der Waals surface area contributed by atoms with Crippen LogP contribution in [0.3, 0.4) is 0 Å². The Kier molecular flexibility index (Phi) is 4.50. The number of para-hydroxylation sites is 1. The molecule has 120 valence electrons. The lowest BCUT2D eigenvalue weighted by Crippen LogP contribution is -2.25. The van der Waals surface area contributed by atoms with E-state index in [0.29, 0.717) is 11.4 Å². The molecule has 3 aromatic rings. The van der Waals surface area contributed by atoms with E-state index in [2.05, 4.69) is 27.5 Å². The summed E-state index contributed by atoms with van der Waals surface area (Å²) in [4.78, 5) is 0.314. The summed E-state index contributed by atoms with van der Waals surface area (Å²) in [5.41, 5.74) is 2.22. The molecule has 0 aliphatic heterocycles. The molecule has 1 aromatic heterocycles. The molecule has 0 unspecified atom stereocenters. The van der Waals surface area contributed by atoms with Gasteiger partial charge in [0.1, 0.15) is 0 Å². The number of sulfonamides is 1.